The van der Waals surface area contributed by atoms with E-state index < -0.39 is 11.9 Å². The molecule has 0 fully saturated rings. The summed E-state index contributed by atoms with van der Waals surface area (Å²) in [5.41, 5.74) is 0. The van der Waals surface area contributed by atoms with Crippen LogP contribution in [0.25, 0.3) is 0 Å². The topological polar surface area (TPSA) is 75.6 Å². The van der Waals surface area contributed by atoms with E-state index in [1.54, 1.807) is 26.0 Å². The molecule has 1 aromatic heterocycles. The quantitative estimate of drug-likeness (QED) is 0.800. The van der Waals surface area contributed by atoms with Crippen molar-refractivity contribution in [3.63, 3.8) is 0 Å². The third-order valence-electron chi connectivity index (χ3n) is 2.02. The number of carboxylic acid groups (broad SMARTS) is 1. The van der Waals surface area contributed by atoms with E-state index in [0.717, 1.165) is 5.01 Å². The molecule has 0 radical (unpaired) electrons. The zero-order valence-electron chi connectivity index (χ0n) is 9.51. The Balaban J connectivity index is 2.58. The van der Waals surface area contributed by atoms with Crippen molar-refractivity contribution in [3.8, 4) is 0 Å². The Morgan fingerprint density at radius 2 is 2.31 bits per heavy atom. The van der Waals surface area contributed by atoms with Crippen molar-refractivity contribution >= 4 is 22.4 Å². The van der Waals surface area contributed by atoms with Crippen molar-refractivity contribution in [2.45, 2.75) is 13.5 Å². The van der Waals surface area contributed by atoms with Crippen molar-refractivity contribution in [2.75, 3.05) is 25.6 Å². The summed E-state index contributed by atoms with van der Waals surface area (Å²) in [6.07, 6.45) is 0. The van der Waals surface area contributed by atoms with Gasteiger partial charge in [0.25, 0.3) is 0 Å². The fourth-order valence-electron chi connectivity index (χ4n) is 1.15. The lowest BCUT2D eigenvalue weighted by atomic mass is 10.2. The molecule has 90 valence electrons. The van der Waals surface area contributed by atoms with E-state index in [9.17, 15) is 4.79 Å². The van der Waals surface area contributed by atoms with Crippen LogP contribution in [0.5, 0.6) is 0 Å². The molecule has 0 saturated carbocycles. The summed E-state index contributed by atoms with van der Waals surface area (Å²) in [4.78, 5) is 12.5. The lowest BCUT2D eigenvalue weighted by Gasteiger charge is -2.17. The Labute approximate surface area is 97.9 Å². The molecule has 1 aromatic rings. The van der Waals surface area contributed by atoms with E-state index in [2.05, 4.69) is 10.2 Å². The number of aliphatic carboxylic acids is 1. The van der Waals surface area contributed by atoms with Gasteiger partial charge in [-0.2, -0.15) is 0 Å². The van der Waals surface area contributed by atoms with Crippen LogP contribution in [0.1, 0.15) is 11.9 Å². The molecule has 16 heavy (non-hydrogen) atoms. The summed E-state index contributed by atoms with van der Waals surface area (Å²) in [7, 11) is 3.40. The molecule has 0 bridgehead atoms. The van der Waals surface area contributed by atoms with Gasteiger partial charge in [0.1, 0.15) is 11.6 Å². The molecule has 0 aliphatic rings. The number of nitrogens with zero attached hydrogens (tertiary/aromatic N) is 3. The first kappa shape index (κ1) is 12.9. The number of hydrogen-bond donors (Lipinski definition) is 1. The minimum absolute atomic E-state index is 0.414. The first-order valence-electron chi connectivity index (χ1n) is 4.79. The van der Waals surface area contributed by atoms with Gasteiger partial charge in [-0.05, 0) is 0 Å². The highest BCUT2D eigenvalue weighted by Gasteiger charge is 2.16. The van der Waals surface area contributed by atoms with Crippen LogP contribution in [0.2, 0.25) is 0 Å². The maximum atomic E-state index is 10.7. The van der Waals surface area contributed by atoms with Gasteiger partial charge < -0.3 is 14.7 Å². The molecule has 0 aliphatic carbocycles. The average Bonchev–Trinajstić information content (AvgIpc) is 2.66. The molecule has 0 spiro atoms. The van der Waals surface area contributed by atoms with Crippen LogP contribution in [0, 0.1) is 5.92 Å². The average molecular weight is 245 g/mol. The molecule has 1 rings (SSSR count). The van der Waals surface area contributed by atoms with E-state index in [1.807, 2.05) is 0 Å². The van der Waals surface area contributed by atoms with Gasteiger partial charge in [-0.25, -0.2) is 0 Å². The number of carboxylic acids is 1. The number of ether oxygens (including phenoxy) is 1. The maximum Gasteiger partial charge on any atom is 0.308 e. The minimum atomic E-state index is -0.812. The highest BCUT2D eigenvalue weighted by atomic mass is 32.1. The Morgan fingerprint density at radius 3 is 2.88 bits per heavy atom. The van der Waals surface area contributed by atoms with Gasteiger partial charge in [-0.3, -0.25) is 4.79 Å². The molecule has 0 aliphatic heterocycles. The van der Waals surface area contributed by atoms with Gasteiger partial charge in [0, 0.05) is 20.7 Å². The summed E-state index contributed by atoms with van der Waals surface area (Å²) in [5, 5.41) is 18.2. The second-order valence-corrected chi connectivity index (χ2v) is 4.57. The number of aromatic nitrogens is 2. The SMILES string of the molecule is COCc1nnc(N(C)CC(C)C(=O)O)s1. The Kier molecular flexibility index (Phi) is 4.63. The number of carbonyl (C=O) groups is 1. The van der Waals surface area contributed by atoms with E-state index in [-0.39, 0.29) is 0 Å². The van der Waals surface area contributed by atoms with Gasteiger partial charge in [0.15, 0.2) is 0 Å². The van der Waals surface area contributed by atoms with E-state index >= 15 is 0 Å². The summed E-state index contributed by atoms with van der Waals surface area (Å²) >= 11 is 1.41. The van der Waals surface area contributed by atoms with Crippen molar-refractivity contribution in [2.24, 2.45) is 5.92 Å². The van der Waals surface area contributed by atoms with Crippen molar-refractivity contribution < 1.29 is 14.6 Å². The molecule has 1 unspecified atom stereocenters. The molecular weight excluding hydrogens is 230 g/mol. The number of methoxy groups -OCH3 is 1. The van der Waals surface area contributed by atoms with Crippen LogP contribution in [-0.2, 0) is 16.1 Å². The van der Waals surface area contributed by atoms with Gasteiger partial charge in [0.2, 0.25) is 5.13 Å². The zero-order chi connectivity index (χ0) is 12.1. The second kappa shape index (κ2) is 5.76. The molecule has 1 heterocycles. The predicted molar refractivity (Wildman–Crippen MR) is 60.7 cm³/mol. The van der Waals surface area contributed by atoms with Crippen LogP contribution in [0.4, 0.5) is 5.13 Å². The molecule has 7 heteroatoms. The molecule has 1 atom stereocenters. The number of anilines is 1. The van der Waals surface area contributed by atoms with Crippen molar-refractivity contribution in [3.05, 3.63) is 5.01 Å². The van der Waals surface area contributed by atoms with Crippen molar-refractivity contribution in [1.82, 2.24) is 10.2 Å². The normalized spacial score (nSPS) is 12.4. The molecule has 0 saturated heterocycles. The summed E-state index contributed by atoms with van der Waals surface area (Å²) in [6.45, 7) is 2.51. The molecule has 0 aromatic carbocycles. The van der Waals surface area contributed by atoms with E-state index in [4.69, 9.17) is 9.84 Å². The Bertz CT molecular complexity index is 356. The molecule has 6 nitrogen and oxygen atoms in total. The van der Waals surface area contributed by atoms with Crippen LogP contribution in [-0.4, -0.2) is 42.0 Å². The molecule has 1 N–H and O–H groups in total. The summed E-state index contributed by atoms with van der Waals surface area (Å²) in [5.74, 6) is -1.24. The van der Waals surface area contributed by atoms with Gasteiger partial charge in [0.05, 0.1) is 5.92 Å². The standard InChI is InChI=1S/C9H15N3O3S/c1-6(8(13)14)4-12(2)9-11-10-7(16-9)5-15-3/h6H,4-5H2,1-3H3,(H,13,14). The third-order valence-corrected chi connectivity index (χ3v) is 3.03. The van der Waals surface area contributed by atoms with Crippen LogP contribution in [0.15, 0.2) is 0 Å². The smallest absolute Gasteiger partial charge is 0.308 e. The van der Waals surface area contributed by atoms with Crippen LogP contribution < -0.4 is 4.90 Å². The first-order valence-corrected chi connectivity index (χ1v) is 5.61. The van der Waals surface area contributed by atoms with E-state index in [0.29, 0.717) is 18.3 Å². The van der Waals surface area contributed by atoms with Gasteiger partial charge in [-0.1, -0.05) is 18.3 Å². The molecule has 0 amide bonds. The second-order valence-electron chi connectivity index (χ2n) is 3.53. The maximum absolute atomic E-state index is 10.7. The van der Waals surface area contributed by atoms with E-state index in [1.165, 1.54) is 11.3 Å². The molecular formula is C9H15N3O3S. The Morgan fingerprint density at radius 1 is 1.62 bits per heavy atom. The monoisotopic (exact) mass is 245 g/mol. The highest BCUT2D eigenvalue weighted by molar-refractivity contribution is 7.15. The Hall–Kier alpha value is -1.21. The van der Waals surface area contributed by atoms with Gasteiger partial charge in [-0.15, -0.1) is 10.2 Å². The fraction of sp³-hybridized carbons (Fsp3) is 0.667. The lowest BCUT2D eigenvalue weighted by molar-refractivity contribution is -0.140. The zero-order valence-corrected chi connectivity index (χ0v) is 10.3. The van der Waals surface area contributed by atoms with Crippen LogP contribution in [0.3, 0.4) is 0 Å². The predicted octanol–water partition coefficient (Wildman–Crippen LogP) is 0.841. The highest BCUT2D eigenvalue weighted by Crippen LogP contribution is 2.20. The summed E-state index contributed by atoms with van der Waals surface area (Å²) in [6, 6.07) is 0. The first-order chi connectivity index (χ1) is 7.54. The van der Waals surface area contributed by atoms with Gasteiger partial charge >= 0.3 is 5.97 Å². The minimum Gasteiger partial charge on any atom is -0.481 e. The lowest BCUT2D eigenvalue weighted by Crippen LogP contribution is -2.28. The van der Waals surface area contributed by atoms with Crippen LogP contribution >= 0.6 is 11.3 Å². The van der Waals surface area contributed by atoms with Crippen molar-refractivity contribution in [1.29, 1.82) is 0 Å². The number of rotatable bonds is 6. The third kappa shape index (κ3) is 3.42. The summed E-state index contributed by atoms with van der Waals surface area (Å²) < 4.78 is 4.94. The largest absolute Gasteiger partial charge is 0.481 e. The fourth-order valence-corrected chi connectivity index (χ4v) is 1.93. The number of hydrogen-bond acceptors (Lipinski definition) is 6.